The van der Waals surface area contributed by atoms with Crippen molar-refractivity contribution in [1.29, 1.82) is 0 Å². The molecule has 2 N–H and O–H groups in total. The first-order valence-electron chi connectivity index (χ1n) is 5.73. The van der Waals surface area contributed by atoms with Gasteiger partial charge in [-0.1, -0.05) is 11.6 Å². The lowest BCUT2D eigenvalue weighted by atomic mass is 10.1. The van der Waals surface area contributed by atoms with Crippen LogP contribution in [0, 0.1) is 0 Å². The number of hydrogen-bond donors (Lipinski definition) is 2. The Morgan fingerprint density at radius 2 is 2.11 bits per heavy atom. The molecule has 0 radical (unpaired) electrons. The van der Waals surface area contributed by atoms with Crippen LogP contribution in [0.1, 0.15) is 10.5 Å². The molecule has 0 aliphatic rings. The van der Waals surface area contributed by atoms with Crippen LogP contribution in [0.5, 0.6) is 0 Å². The van der Waals surface area contributed by atoms with Gasteiger partial charge in [0.1, 0.15) is 5.69 Å². The van der Waals surface area contributed by atoms with E-state index in [2.05, 4.69) is 4.98 Å². The molecule has 3 rings (SSSR count). The number of fused-ring (bicyclic) bond motifs is 1. The van der Waals surface area contributed by atoms with Crippen LogP contribution >= 0.6 is 11.6 Å². The minimum Gasteiger partial charge on any atom is -0.477 e. The maximum atomic E-state index is 10.9. The number of aromatic amines is 1. The molecule has 0 aliphatic heterocycles. The molecular formula is C14H11ClN2O2. The number of benzene rings is 1. The van der Waals surface area contributed by atoms with Crippen LogP contribution < -0.4 is 0 Å². The zero-order valence-electron chi connectivity index (χ0n) is 10.1. The highest BCUT2D eigenvalue weighted by molar-refractivity contribution is 6.31. The fourth-order valence-corrected chi connectivity index (χ4v) is 2.43. The molecule has 0 bridgehead atoms. The van der Waals surface area contributed by atoms with Crippen molar-refractivity contribution in [3.05, 3.63) is 47.2 Å². The summed E-state index contributed by atoms with van der Waals surface area (Å²) in [5.74, 6) is -0.968. The van der Waals surface area contributed by atoms with E-state index in [9.17, 15) is 4.79 Å². The zero-order chi connectivity index (χ0) is 13.6. The molecule has 1 aromatic carbocycles. The van der Waals surface area contributed by atoms with Crippen molar-refractivity contribution in [3.63, 3.8) is 0 Å². The number of carboxylic acids is 1. The van der Waals surface area contributed by atoms with Crippen LogP contribution in [0.4, 0.5) is 0 Å². The Morgan fingerprint density at radius 3 is 2.79 bits per heavy atom. The molecular weight excluding hydrogens is 264 g/mol. The van der Waals surface area contributed by atoms with Gasteiger partial charge in [0.05, 0.1) is 0 Å². The van der Waals surface area contributed by atoms with E-state index in [4.69, 9.17) is 16.7 Å². The van der Waals surface area contributed by atoms with Gasteiger partial charge in [-0.05, 0) is 30.3 Å². The van der Waals surface area contributed by atoms with Gasteiger partial charge in [0.15, 0.2) is 0 Å². The molecule has 2 aromatic heterocycles. The number of rotatable bonds is 2. The molecule has 4 nitrogen and oxygen atoms in total. The number of carbonyl (C=O) groups is 1. The lowest BCUT2D eigenvalue weighted by Crippen LogP contribution is -1.95. The summed E-state index contributed by atoms with van der Waals surface area (Å²) in [5, 5.41) is 10.6. The van der Waals surface area contributed by atoms with Crippen LogP contribution in [0.3, 0.4) is 0 Å². The van der Waals surface area contributed by atoms with E-state index in [1.807, 2.05) is 36.0 Å². The predicted molar refractivity (Wildman–Crippen MR) is 74.7 cm³/mol. The molecule has 0 aliphatic carbocycles. The molecule has 3 aromatic rings. The summed E-state index contributed by atoms with van der Waals surface area (Å²) >= 11 is 6.03. The van der Waals surface area contributed by atoms with Crippen LogP contribution in [-0.2, 0) is 7.05 Å². The fraction of sp³-hybridized carbons (Fsp3) is 0.0714. The van der Waals surface area contributed by atoms with Crippen molar-refractivity contribution in [2.45, 2.75) is 0 Å². The SMILES string of the molecule is Cn1cc(-c2ccc(C(=O)O)[nH]2)c2cc(Cl)ccc21. The summed E-state index contributed by atoms with van der Waals surface area (Å²) in [6, 6.07) is 8.99. The number of nitrogens with one attached hydrogen (secondary N) is 1. The number of aromatic carboxylic acids is 1. The Kier molecular flexibility index (Phi) is 2.61. The lowest BCUT2D eigenvalue weighted by molar-refractivity contribution is 0.0691. The maximum Gasteiger partial charge on any atom is 0.352 e. The van der Waals surface area contributed by atoms with Gasteiger partial charge in [-0.15, -0.1) is 0 Å². The third-order valence-electron chi connectivity index (χ3n) is 3.16. The Labute approximate surface area is 114 Å². The lowest BCUT2D eigenvalue weighted by Gasteiger charge is -1.97. The van der Waals surface area contributed by atoms with Gasteiger partial charge >= 0.3 is 5.97 Å². The Balaban J connectivity index is 2.23. The van der Waals surface area contributed by atoms with E-state index in [0.29, 0.717) is 5.02 Å². The minimum atomic E-state index is -0.968. The number of halogens is 1. The van der Waals surface area contributed by atoms with Gasteiger partial charge in [0.25, 0.3) is 0 Å². The normalized spacial score (nSPS) is 11.1. The van der Waals surface area contributed by atoms with E-state index in [-0.39, 0.29) is 5.69 Å². The standard InChI is InChI=1S/C14H11ClN2O2/c1-17-7-10(9-6-8(15)2-5-13(9)17)11-3-4-12(16-11)14(18)19/h2-7,16H,1H3,(H,18,19). The van der Waals surface area contributed by atoms with Gasteiger partial charge in [-0.3, -0.25) is 0 Å². The average molecular weight is 275 g/mol. The van der Waals surface area contributed by atoms with Crippen molar-refractivity contribution in [2.24, 2.45) is 7.05 Å². The molecule has 0 amide bonds. The van der Waals surface area contributed by atoms with E-state index in [1.165, 1.54) is 0 Å². The minimum absolute atomic E-state index is 0.175. The van der Waals surface area contributed by atoms with Crippen LogP contribution in [0.15, 0.2) is 36.5 Å². The molecule has 0 unspecified atom stereocenters. The highest BCUT2D eigenvalue weighted by Crippen LogP contribution is 2.31. The number of hydrogen-bond acceptors (Lipinski definition) is 1. The summed E-state index contributed by atoms with van der Waals surface area (Å²) < 4.78 is 1.99. The number of nitrogens with zero attached hydrogens (tertiary/aromatic N) is 1. The third-order valence-corrected chi connectivity index (χ3v) is 3.39. The second-order valence-corrected chi connectivity index (χ2v) is 4.84. The molecule has 5 heteroatoms. The second-order valence-electron chi connectivity index (χ2n) is 4.41. The molecule has 0 fully saturated rings. The molecule has 0 atom stereocenters. The summed E-state index contributed by atoms with van der Waals surface area (Å²) in [5.41, 5.74) is 2.93. The van der Waals surface area contributed by atoms with Gasteiger partial charge in [-0.25, -0.2) is 4.79 Å². The number of carboxylic acid groups (broad SMARTS) is 1. The Hall–Kier alpha value is -2.20. The largest absolute Gasteiger partial charge is 0.477 e. The second kappa shape index (κ2) is 4.17. The number of H-pyrrole nitrogens is 1. The average Bonchev–Trinajstić information content (AvgIpc) is 2.94. The molecule has 19 heavy (non-hydrogen) atoms. The molecule has 0 saturated carbocycles. The van der Waals surface area contributed by atoms with E-state index in [0.717, 1.165) is 22.2 Å². The Morgan fingerprint density at radius 1 is 1.32 bits per heavy atom. The van der Waals surface area contributed by atoms with Crippen molar-refractivity contribution in [2.75, 3.05) is 0 Å². The molecule has 2 heterocycles. The fourth-order valence-electron chi connectivity index (χ4n) is 2.26. The molecule has 0 saturated heterocycles. The predicted octanol–water partition coefficient (Wildman–Crippen LogP) is 3.53. The van der Waals surface area contributed by atoms with E-state index >= 15 is 0 Å². The summed E-state index contributed by atoms with van der Waals surface area (Å²) in [6.45, 7) is 0. The van der Waals surface area contributed by atoms with E-state index in [1.54, 1.807) is 12.1 Å². The summed E-state index contributed by atoms with van der Waals surface area (Å²) in [4.78, 5) is 13.8. The first-order chi connectivity index (χ1) is 9.06. The van der Waals surface area contributed by atoms with Crippen LogP contribution in [-0.4, -0.2) is 20.6 Å². The van der Waals surface area contributed by atoms with Gasteiger partial charge in [0.2, 0.25) is 0 Å². The van der Waals surface area contributed by atoms with Crippen LogP contribution in [0.2, 0.25) is 5.02 Å². The highest BCUT2D eigenvalue weighted by Gasteiger charge is 2.12. The van der Waals surface area contributed by atoms with Gasteiger partial charge in [-0.2, -0.15) is 0 Å². The van der Waals surface area contributed by atoms with E-state index < -0.39 is 5.97 Å². The smallest absolute Gasteiger partial charge is 0.352 e. The molecule has 96 valence electrons. The first-order valence-corrected chi connectivity index (χ1v) is 6.11. The van der Waals surface area contributed by atoms with Crippen molar-refractivity contribution >= 4 is 28.5 Å². The van der Waals surface area contributed by atoms with Crippen LogP contribution in [0.25, 0.3) is 22.2 Å². The maximum absolute atomic E-state index is 10.9. The monoisotopic (exact) mass is 274 g/mol. The topological polar surface area (TPSA) is 58.0 Å². The summed E-state index contributed by atoms with van der Waals surface area (Å²) in [7, 11) is 1.95. The number of aryl methyl sites for hydroxylation is 1. The highest BCUT2D eigenvalue weighted by atomic mass is 35.5. The zero-order valence-corrected chi connectivity index (χ0v) is 10.9. The summed E-state index contributed by atoms with van der Waals surface area (Å²) in [6.07, 6.45) is 1.96. The first kappa shape index (κ1) is 11.9. The van der Waals surface area contributed by atoms with Crippen molar-refractivity contribution in [1.82, 2.24) is 9.55 Å². The van der Waals surface area contributed by atoms with Gasteiger partial charge < -0.3 is 14.7 Å². The van der Waals surface area contributed by atoms with Crippen molar-refractivity contribution in [3.8, 4) is 11.3 Å². The number of aromatic nitrogens is 2. The quantitative estimate of drug-likeness (QED) is 0.751. The Bertz CT molecular complexity index is 786. The molecule has 0 spiro atoms. The van der Waals surface area contributed by atoms with Gasteiger partial charge in [0, 0.05) is 40.4 Å². The third kappa shape index (κ3) is 1.90. The van der Waals surface area contributed by atoms with Crippen molar-refractivity contribution < 1.29 is 9.90 Å².